The molecule has 0 aromatic rings. The summed E-state index contributed by atoms with van der Waals surface area (Å²) >= 11 is 0. The number of carbonyl (C=O) groups is 4. The van der Waals surface area contributed by atoms with E-state index in [0.717, 1.165) is 0 Å². The standard InChI is InChI=1S/C10H12O7/c1-2-16-9(14)7-5(3-11)6(7)4-17-10(15)8(12)13/h3,5-7H,2,4H2,1H3,(H,12,13)/t5-,6-,7+/m1/s1. The van der Waals surface area contributed by atoms with Gasteiger partial charge in [0.15, 0.2) is 0 Å². The van der Waals surface area contributed by atoms with Crippen LogP contribution in [0.25, 0.3) is 0 Å². The zero-order chi connectivity index (χ0) is 13.0. The van der Waals surface area contributed by atoms with Gasteiger partial charge in [-0.3, -0.25) is 4.79 Å². The third kappa shape index (κ3) is 3.02. The summed E-state index contributed by atoms with van der Waals surface area (Å²) in [4.78, 5) is 42.7. The van der Waals surface area contributed by atoms with Gasteiger partial charge >= 0.3 is 17.9 Å². The Balaban J connectivity index is 2.44. The third-order valence-electron chi connectivity index (χ3n) is 2.53. The number of esters is 2. The molecule has 0 aliphatic heterocycles. The molecule has 1 rings (SSSR count). The second kappa shape index (κ2) is 5.42. The molecule has 0 bridgehead atoms. The minimum Gasteiger partial charge on any atom is -0.473 e. The van der Waals surface area contributed by atoms with Gasteiger partial charge in [-0.05, 0) is 6.92 Å². The fourth-order valence-electron chi connectivity index (χ4n) is 1.60. The summed E-state index contributed by atoms with van der Waals surface area (Å²) in [5, 5.41) is 8.26. The first-order chi connectivity index (χ1) is 8.02. The SMILES string of the molecule is CCOC(=O)[C@H]1[C@H](C=O)[C@H]1COC(=O)C(=O)O. The number of carboxylic acids is 1. The molecule has 0 amide bonds. The van der Waals surface area contributed by atoms with Crippen LogP contribution in [-0.2, 0) is 28.7 Å². The van der Waals surface area contributed by atoms with E-state index in [1.807, 2.05) is 0 Å². The monoisotopic (exact) mass is 244 g/mol. The molecule has 1 aliphatic carbocycles. The summed E-state index contributed by atoms with van der Waals surface area (Å²) in [5.41, 5.74) is 0. The second-order valence-corrected chi connectivity index (χ2v) is 3.56. The molecule has 0 radical (unpaired) electrons. The molecule has 1 fully saturated rings. The molecule has 0 heterocycles. The highest BCUT2D eigenvalue weighted by Crippen LogP contribution is 2.45. The van der Waals surface area contributed by atoms with Crippen molar-refractivity contribution in [3.8, 4) is 0 Å². The van der Waals surface area contributed by atoms with Crippen molar-refractivity contribution in [1.82, 2.24) is 0 Å². The number of carboxylic acid groups (broad SMARTS) is 1. The minimum absolute atomic E-state index is 0.197. The summed E-state index contributed by atoms with van der Waals surface area (Å²) in [6.07, 6.45) is 0.584. The van der Waals surface area contributed by atoms with Crippen LogP contribution in [0.15, 0.2) is 0 Å². The summed E-state index contributed by atoms with van der Waals surface area (Å²) < 4.78 is 9.14. The molecule has 1 saturated carbocycles. The highest BCUT2D eigenvalue weighted by atomic mass is 16.6. The van der Waals surface area contributed by atoms with Crippen LogP contribution in [0.2, 0.25) is 0 Å². The number of aldehydes is 1. The molecule has 7 nitrogen and oxygen atoms in total. The Labute approximate surface area is 96.7 Å². The van der Waals surface area contributed by atoms with E-state index in [9.17, 15) is 19.2 Å². The molecule has 1 aliphatic rings. The highest BCUT2D eigenvalue weighted by Gasteiger charge is 2.56. The van der Waals surface area contributed by atoms with Crippen molar-refractivity contribution >= 4 is 24.2 Å². The van der Waals surface area contributed by atoms with E-state index in [1.165, 1.54) is 0 Å². The van der Waals surface area contributed by atoms with Crippen molar-refractivity contribution in [1.29, 1.82) is 0 Å². The van der Waals surface area contributed by atoms with Gasteiger partial charge in [0.05, 0.1) is 19.1 Å². The maximum absolute atomic E-state index is 11.3. The molecule has 1 N–H and O–H groups in total. The van der Waals surface area contributed by atoms with Gasteiger partial charge in [-0.25, -0.2) is 9.59 Å². The lowest BCUT2D eigenvalue weighted by Crippen LogP contribution is -2.18. The normalized spacial score (nSPS) is 25.8. The van der Waals surface area contributed by atoms with Crippen LogP contribution in [0.3, 0.4) is 0 Å². The fourth-order valence-corrected chi connectivity index (χ4v) is 1.60. The van der Waals surface area contributed by atoms with E-state index in [0.29, 0.717) is 6.29 Å². The van der Waals surface area contributed by atoms with Crippen molar-refractivity contribution in [3.05, 3.63) is 0 Å². The Kier molecular flexibility index (Phi) is 4.19. The first-order valence-corrected chi connectivity index (χ1v) is 5.04. The summed E-state index contributed by atoms with van der Waals surface area (Å²) in [6, 6.07) is 0. The molecule has 94 valence electrons. The summed E-state index contributed by atoms with van der Waals surface area (Å²) in [6.45, 7) is 1.57. The van der Waals surface area contributed by atoms with Crippen molar-refractivity contribution in [2.75, 3.05) is 13.2 Å². The Morgan fingerprint density at radius 1 is 1.29 bits per heavy atom. The third-order valence-corrected chi connectivity index (χ3v) is 2.53. The van der Waals surface area contributed by atoms with E-state index in [2.05, 4.69) is 4.74 Å². The Morgan fingerprint density at radius 2 is 1.94 bits per heavy atom. The van der Waals surface area contributed by atoms with Crippen LogP contribution in [-0.4, -0.2) is 42.5 Å². The van der Waals surface area contributed by atoms with Crippen molar-refractivity contribution in [2.45, 2.75) is 6.92 Å². The summed E-state index contributed by atoms with van der Waals surface area (Å²) in [5.74, 6) is -5.30. The van der Waals surface area contributed by atoms with Crippen LogP contribution in [0.5, 0.6) is 0 Å². The quantitative estimate of drug-likeness (QED) is 0.384. The summed E-state index contributed by atoms with van der Waals surface area (Å²) in [7, 11) is 0. The molecule has 0 aromatic heterocycles. The predicted molar refractivity (Wildman–Crippen MR) is 51.8 cm³/mol. The average Bonchev–Trinajstić information content (AvgIpc) is 2.99. The number of ether oxygens (including phenoxy) is 2. The lowest BCUT2D eigenvalue weighted by atomic mass is 10.3. The van der Waals surface area contributed by atoms with Gasteiger partial charge in [0.25, 0.3) is 0 Å². The number of rotatable bonds is 5. The fraction of sp³-hybridized carbons (Fsp3) is 0.600. The maximum Gasteiger partial charge on any atom is 0.417 e. The Morgan fingerprint density at radius 3 is 2.41 bits per heavy atom. The largest absolute Gasteiger partial charge is 0.473 e. The number of hydrogen-bond acceptors (Lipinski definition) is 6. The molecule has 0 aromatic carbocycles. The van der Waals surface area contributed by atoms with Crippen LogP contribution >= 0.6 is 0 Å². The van der Waals surface area contributed by atoms with Gasteiger partial charge in [-0.15, -0.1) is 0 Å². The Bertz CT molecular complexity index is 349. The van der Waals surface area contributed by atoms with Crippen LogP contribution in [0, 0.1) is 17.8 Å². The zero-order valence-corrected chi connectivity index (χ0v) is 9.12. The number of carbonyl (C=O) groups excluding carboxylic acids is 3. The van der Waals surface area contributed by atoms with Crippen molar-refractivity contribution < 1.29 is 33.8 Å². The van der Waals surface area contributed by atoms with E-state index in [-0.39, 0.29) is 13.2 Å². The lowest BCUT2D eigenvalue weighted by Gasteiger charge is -2.01. The molecule has 17 heavy (non-hydrogen) atoms. The van der Waals surface area contributed by atoms with Crippen LogP contribution in [0.4, 0.5) is 0 Å². The molecule has 3 atom stereocenters. The molecule has 7 heteroatoms. The second-order valence-electron chi connectivity index (χ2n) is 3.56. The Hall–Kier alpha value is -1.92. The minimum atomic E-state index is -1.71. The van der Waals surface area contributed by atoms with Crippen molar-refractivity contribution in [2.24, 2.45) is 17.8 Å². The van der Waals surface area contributed by atoms with Gasteiger partial charge in [0.1, 0.15) is 6.29 Å². The molecule has 0 saturated heterocycles. The van der Waals surface area contributed by atoms with Gasteiger partial charge in [-0.1, -0.05) is 0 Å². The van der Waals surface area contributed by atoms with Gasteiger partial charge < -0.3 is 19.4 Å². The van der Waals surface area contributed by atoms with E-state index in [1.54, 1.807) is 6.92 Å². The zero-order valence-electron chi connectivity index (χ0n) is 9.12. The van der Waals surface area contributed by atoms with Gasteiger partial charge in [-0.2, -0.15) is 0 Å². The van der Waals surface area contributed by atoms with Gasteiger partial charge in [0, 0.05) is 11.8 Å². The first-order valence-electron chi connectivity index (χ1n) is 5.04. The number of hydrogen-bond donors (Lipinski definition) is 1. The van der Waals surface area contributed by atoms with Crippen molar-refractivity contribution in [3.63, 3.8) is 0 Å². The van der Waals surface area contributed by atoms with Crippen LogP contribution < -0.4 is 0 Å². The lowest BCUT2D eigenvalue weighted by molar-refractivity contribution is -0.164. The maximum atomic E-state index is 11.3. The predicted octanol–water partition coefficient (Wildman–Crippen LogP) is -0.762. The van der Waals surface area contributed by atoms with Gasteiger partial charge in [0.2, 0.25) is 0 Å². The number of aliphatic carboxylic acids is 1. The van der Waals surface area contributed by atoms with E-state index in [4.69, 9.17) is 9.84 Å². The topological polar surface area (TPSA) is 107 Å². The van der Waals surface area contributed by atoms with E-state index < -0.39 is 35.7 Å². The first kappa shape index (κ1) is 13.1. The molecule has 0 spiro atoms. The highest BCUT2D eigenvalue weighted by molar-refractivity contribution is 6.28. The van der Waals surface area contributed by atoms with E-state index >= 15 is 0 Å². The molecular formula is C10H12O7. The molecular weight excluding hydrogens is 232 g/mol. The van der Waals surface area contributed by atoms with Crippen LogP contribution in [0.1, 0.15) is 6.92 Å². The smallest absolute Gasteiger partial charge is 0.417 e. The molecule has 0 unspecified atom stereocenters. The average molecular weight is 244 g/mol.